The molecule has 8 heteroatoms. The van der Waals surface area contributed by atoms with Crippen LogP contribution in [0.4, 0.5) is 5.69 Å². The Kier molecular flexibility index (Phi) is 6.04. The molecule has 0 radical (unpaired) electrons. The lowest BCUT2D eigenvalue weighted by molar-refractivity contribution is -0.385. The van der Waals surface area contributed by atoms with Crippen molar-refractivity contribution in [2.24, 2.45) is 0 Å². The second kappa shape index (κ2) is 8.65. The van der Waals surface area contributed by atoms with E-state index >= 15 is 0 Å². The van der Waals surface area contributed by atoms with Gasteiger partial charge in [-0.15, -0.1) is 11.3 Å². The van der Waals surface area contributed by atoms with E-state index < -0.39 is 4.92 Å². The van der Waals surface area contributed by atoms with Crippen molar-refractivity contribution in [3.8, 4) is 23.1 Å². The average Bonchev–Trinajstić information content (AvgIpc) is 3.17. The van der Waals surface area contributed by atoms with Crippen LogP contribution in [0.25, 0.3) is 22.9 Å². The molecule has 0 aliphatic carbocycles. The molecule has 0 saturated heterocycles. The third kappa shape index (κ3) is 4.36. The van der Waals surface area contributed by atoms with E-state index in [1.807, 2.05) is 17.5 Å². The highest BCUT2D eigenvalue weighted by molar-refractivity contribution is 7.11. The van der Waals surface area contributed by atoms with Crippen molar-refractivity contribution in [1.29, 1.82) is 5.26 Å². The van der Waals surface area contributed by atoms with Crippen LogP contribution in [0.1, 0.15) is 17.5 Å². The van der Waals surface area contributed by atoms with Crippen molar-refractivity contribution < 1.29 is 9.66 Å². The van der Waals surface area contributed by atoms with Gasteiger partial charge >= 0.3 is 5.69 Å². The zero-order valence-electron chi connectivity index (χ0n) is 14.8. The lowest BCUT2D eigenvalue weighted by Crippen LogP contribution is -1.97. The van der Waals surface area contributed by atoms with Crippen LogP contribution in [-0.2, 0) is 0 Å². The van der Waals surface area contributed by atoms with Gasteiger partial charge in [0.1, 0.15) is 11.1 Å². The molecule has 1 heterocycles. The van der Waals surface area contributed by atoms with E-state index in [0.717, 1.165) is 11.3 Å². The van der Waals surface area contributed by atoms with Crippen LogP contribution >= 0.6 is 22.9 Å². The molecular weight excluding hydrogens is 398 g/mol. The summed E-state index contributed by atoms with van der Waals surface area (Å²) in [4.78, 5) is 15.3. The molecule has 3 aromatic rings. The van der Waals surface area contributed by atoms with Gasteiger partial charge < -0.3 is 4.74 Å². The molecule has 1 aromatic heterocycles. The predicted molar refractivity (Wildman–Crippen MR) is 110 cm³/mol. The number of ether oxygens (including phenoxy) is 1. The summed E-state index contributed by atoms with van der Waals surface area (Å²) in [6, 6.07) is 14.0. The van der Waals surface area contributed by atoms with Crippen LogP contribution < -0.4 is 4.74 Å². The molecule has 0 N–H and O–H groups in total. The smallest absolute Gasteiger partial charge is 0.311 e. The van der Waals surface area contributed by atoms with E-state index in [-0.39, 0.29) is 11.4 Å². The van der Waals surface area contributed by atoms with Crippen LogP contribution in [0, 0.1) is 21.4 Å². The molecule has 0 atom stereocenters. The monoisotopic (exact) mass is 411 g/mol. The predicted octanol–water partition coefficient (Wildman–Crippen LogP) is 5.83. The van der Waals surface area contributed by atoms with Crippen molar-refractivity contribution in [3.63, 3.8) is 0 Å². The lowest BCUT2D eigenvalue weighted by Gasteiger charge is -2.04. The quantitative estimate of drug-likeness (QED) is 0.289. The van der Waals surface area contributed by atoms with E-state index in [2.05, 4.69) is 11.1 Å². The van der Waals surface area contributed by atoms with Gasteiger partial charge in [0.2, 0.25) is 0 Å². The van der Waals surface area contributed by atoms with Gasteiger partial charge in [-0.05, 0) is 36.8 Å². The highest BCUT2D eigenvalue weighted by Crippen LogP contribution is 2.31. The first kappa shape index (κ1) is 19.5. The van der Waals surface area contributed by atoms with Crippen molar-refractivity contribution >= 4 is 40.3 Å². The maximum absolute atomic E-state index is 11.3. The summed E-state index contributed by atoms with van der Waals surface area (Å²) in [6.45, 7) is 2.08. The van der Waals surface area contributed by atoms with Gasteiger partial charge in [-0.1, -0.05) is 29.8 Å². The van der Waals surface area contributed by atoms with Gasteiger partial charge in [-0.25, -0.2) is 4.98 Å². The summed E-state index contributed by atoms with van der Waals surface area (Å²) < 4.78 is 5.28. The second-order valence-electron chi connectivity index (χ2n) is 5.63. The summed E-state index contributed by atoms with van der Waals surface area (Å²) in [6.07, 6.45) is 1.58. The number of nitro benzene ring substituents is 1. The first-order valence-electron chi connectivity index (χ1n) is 8.26. The molecule has 6 nitrogen and oxygen atoms in total. The number of aromatic nitrogens is 1. The molecule has 0 spiro atoms. The average molecular weight is 412 g/mol. The van der Waals surface area contributed by atoms with E-state index in [4.69, 9.17) is 16.3 Å². The molecular formula is C20H14ClN3O3S. The summed E-state index contributed by atoms with van der Waals surface area (Å²) in [5.41, 5.74) is 2.32. The molecule has 28 heavy (non-hydrogen) atoms. The molecule has 0 fully saturated rings. The molecule has 0 saturated carbocycles. The van der Waals surface area contributed by atoms with E-state index in [0.29, 0.717) is 27.8 Å². The number of nitriles is 1. The summed E-state index contributed by atoms with van der Waals surface area (Å²) in [5.74, 6) is 0.197. The Labute approximate surface area is 170 Å². The molecule has 3 rings (SSSR count). The normalized spacial score (nSPS) is 11.1. The number of thiazole rings is 1. The van der Waals surface area contributed by atoms with E-state index in [9.17, 15) is 15.4 Å². The number of nitrogens with zero attached hydrogens (tertiary/aromatic N) is 3. The van der Waals surface area contributed by atoms with Crippen molar-refractivity contribution in [2.45, 2.75) is 6.92 Å². The van der Waals surface area contributed by atoms with Gasteiger partial charge in [0.25, 0.3) is 0 Å². The van der Waals surface area contributed by atoms with Gasteiger partial charge in [-0.3, -0.25) is 10.1 Å². The van der Waals surface area contributed by atoms with Gasteiger partial charge in [-0.2, -0.15) is 5.26 Å². The molecule has 0 amide bonds. The van der Waals surface area contributed by atoms with E-state index in [1.54, 1.807) is 31.2 Å². The number of halogens is 1. The number of rotatable bonds is 6. The molecule has 0 aliphatic rings. The Morgan fingerprint density at radius 2 is 2.11 bits per heavy atom. The van der Waals surface area contributed by atoms with Crippen LogP contribution in [0.5, 0.6) is 5.75 Å². The van der Waals surface area contributed by atoms with Crippen LogP contribution in [0.2, 0.25) is 5.02 Å². The van der Waals surface area contributed by atoms with Gasteiger partial charge in [0.15, 0.2) is 5.75 Å². The fraction of sp³-hybridized carbons (Fsp3) is 0.100. The number of allylic oxidation sites excluding steroid dienone is 1. The minimum Gasteiger partial charge on any atom is -0.487 e. The molecule has 0 aliphatic heterocycles. The maximum Gasteiger partial charge on any atom is 0.311 e. The van der Waals surface area contributed by atoms with Crippen LogP contribution in [0.15, 0.2) is 47.8 Å². The molecule has 2 aromatic carbocycles. The largest absolute Gasteiger partial charge is 0.487 e. The Morgan fingerprint density at radius 1 is 1.36 bits per heavy atom. The topological polar surface area (TPSA) is 89.0 Å². The van der Waals surface area contributed by atoms with Crippen LogP contribution in [0.3, 0.4) is 0 Å². The first-order valence-corrected chi connectivity index (χ1v) is 9.52. The maximum atomic E-state index is 11.3. The Bertz CT molecular complexity index is 1080. The highest BCUT2D eigenvalue weighted by atomic mass is 35.5. The minimum absolute atomic E-state index is 0.145. The standard InChI is InChI=1S/C20H14ClN3O3S/c1-2-27-19-8-3-13(10-18(19)24(25)26)9-15(11-22)20-23-17(12-28-20)14-4-6-16(21)7-5-14/h3-10,12H,2H2,1H3/b15-9-. The molecule has 140 valence electrons. The van der Waals surface area contributed by atoms with E-state index in [1.165, 1.54) is 23.5 Å². The third-order valence-corrected chi connectivity index (χ3v) is 4.91. The Hall–Kier alpha value is -3.21. The number of benzene rings is 2. The van der Waals surface area contributed by atoms with Crippen molar-refractivity contribution in [2.75, 3.05) is 6.61 Å². The minimum atomic E-state index is -0.504. The summed E-state index contributed by atoms with van der Waals surface area (Å²) in [5, 5.41) is 23.8. The fourth-order valence-corrected chi connectivity index (χ4v) is 3.42. The van der Waals surface area contributed by atoms with Crippen molar-refractivity contribution in [3.05, 3.63) is 73.6 Å². The lowest BCUT2D eigenvalue weighted by atomic mass is 10.1. The van der Waals surface area contributed by atoms with Crippen molar-refractivity contribution in [1.82, 2.24) is 4.98 Å². The molecule has 0 bridgehead atoms. The summed E-state index contributed by atoms with van der Waals surface area (Å²) in [7, 11) is 0. The third-order valence-electron chi connectivity index (χ3n) is 3.79. The summed E-state index contributed by atoms with van der Waals surface area (Å²) >= 11 is 7.24. The number of hydrogen-bond acceptors (Lipinski definition) is 6. The number of nitro groups is 1. The van der Waals surface area contributed by atoms with Gasteiger partial charge in [0, 0.05) is 22.0 Å². The second-order valence-corrected chi connectivity index (χ2v) is 6.93. The number of hydrogen-bond donors (Lipinski definition) is 0. The highest BCUT2D eigenvalue weighted by Gasteiger charge is 2.16. The zero-order valence-corrected chi connectivity index (χ0v) is 16.3. The fourth-order valence-electron chi connectivity index (χ4n) is 2.50. The SMILES string of the molecule is CCOc1ccc(/C=C(/C#N)c2nc(-c3ccc(Cl)cc3)cs2)cc1[N+](=O)[O-]. The first-order chi connectivity index (χ1) is 13.5. The Morgan fingerprint density at radius 3 is 2.75 bits per heavy atom. The zero-order chi connectivity index (χ0) is 20.1. The molecule has 0 unspecified atom stereocenters. The van der Waals surface area contributed by atoms with Crippen LogP contribution in [-0.4, -0.2) is 16.5 Å². The Balaban J connectivity index is 1.95. The van der Waals surface area contributed by atoms with Gasteiger partial charge in [0.05, 0.1) is 22.8 Å².